The molecule has 0 aromatic carbocycles. The maximum absolute atomic E-state index is 5.67. The van der Waals surface area contributed by atoms with E-state index in [1.165, 1.54) is 5.56 Å². The summed E-state index contributed by atoms with van der Waals surface area (Å²) in [6.07, 6.45) is 0. The molecule has 2 nitrogen and oxygen atoms in total. The van der Waals surface area contributed by atoms with Crippen molar-refractivity contribution in [2.75, 3.05) is 6.54 Å². The van der Waals surface area contributed by atoms with Gasteiger partial charge in [0.15, 0.2) is 0 Å². The molecule has 1 aromatic heterocycles. The highest BCUT2D eigenvalue weighted by Crippen LogP contribution is 2.27. The van der Waals surface area contributed by atoms with Gasteiger partial charge in [-0.3, -0.25) is 0 Å². The zero-order chi connectivity index (χ0) is 9.35. The Hall–Kier alpha value is -0.760. The van der Waals surface area contributed by atoms with Gasteiger partial charge in [-0.1, -0.05) is 13.8 Å². The lowest BCUT2D eigenvalue weighted by atomic mass is 9.85. The summed E-state index contributed by atoms with van der Waals surface area (Å²) in [5, 5.41) is 0. The van der Waals surface area contributed by atoms with E-state index in [0.29, 0.717) is 6.54 Å². The summed E-state index contributed by atoms with van der Waals surface area (Å²) in [5.41, 5.74) is 6.93. The van der Waals surface area contributed by atoms with Gasteiger partial charge in [0.05, 0.1) is 0 Å². The lowest BCUT2D eigenvalue weighted by Gasteiger charge is -2.21. The maximum Gasteiger partial charge on any atom is 0.104 e. The zero-order valence-electron chi connectivity index (χ0n) is 8.27. The van der Waals surface area contributed by atoms with Crippen LogP contribution < -0.4 is 5.73 Å². The minimum absolute atomic E-state index is 0.0296. The fourth-order valence-corrected chi connectivity index (χ4v) is 1.41. The minimum atomic E-state index is 0.0296. The second-order valence-corrected chi connectivity index (χ2v) is 3.91. The summed E-state index contributed by atoms with van der Waals surface area (Å²) in [6, 6.07) is 2.07. The van der Waals surface area contributed by atoms with Gasteiger partial charge in [0.25, 0.3) is 0 Å². The topological polar surface area (TPSA) is 39.2 Å². The minimum Gasteiger partial charge on any atom is -0.466 e. The van der Waals surface area contributed by atoms with E-state index in [2.05, 4.69) is 19.9 Å². The Labute approximate surface area is 73.8 Å². The van der Waals surface area contributed by atoms with Crippen LogP contribution >= 0.6 is 0 Å². The van der Waals surface area contributed by atoms with Crippen molar-refractivity contribution < 1.29 is 4.42 Å². The van der Waals surface area contributed by atoms with Crippen molar-refractivity contribution in [3.63, 3.8) is 0 Å². The van der Waals surface area contributed by atoms with Crippen molar-refractivity contribution in [2.45, 2.75) is 33.1 Å². The third kappa shape index (κ3) is 1.53. The molecule has 0 saturated heterocycles. The van der Waals surface area contributed by atoms with Crippen molar-refractivity contribution in [3.05, 3.63) is 23.2 Å². The molecule has 1 aromatic rings. The highest BCUT2D eigenvalue weighted by Gasteiger charge is 2.23. The summed E-state index contributed by atoms with van der Waals surface area (Å²) >= 11 is 0. The second-order valence-electron chi connectivity index (χ2n) is 3.91. The van der Waals surface area contributed by atoms with E-state index in [1.54, 1.807) is 0 Å². The zero-order valence-corrected chi connectivity index (χ0v) is 8.27. The Morgan fingerprint density at radius 2 is 2.00 bits per heavy atom. The molecule has 1 rings (SSSR count). The predicted octanol–water partition coefficient (Wildman–Crippen LogP) is 2.13. The van der Waals surface area contributed by atoms with Gasteiger partial charge in [0, 0.05) is 17.5 Å². The van der Waals surface area contributed by atoms with Crippen molar-refractivity contribution in [2.24, 2.45) is 5.73 Å². The Balaban J connectivity index is 3.09. The molecule has 0 fully saturated rings. The average molecular weight is 167 g/mol. The molecular weight excluding hydrogens is 150 g/mol. The van der Waals surface area contributed by atoms with E-state index < -0.39 is 0 Å². The third-order valence-electron chi connectivity index (χ3n) is 2.28. The Morgan fingerprint density at radius 1 is 1.42 bits per heavy atom. The van der Waals surface area contributed by atoms with Gasteiger partial charge in [-0.2, -0.15) is 0 Å². The third-order valence-corrected chi connectivity index (χ3v) is 2.28. The van der Waals surface area contributed by atoms with Gasteiger partial charge in [-0.05, 0) is 19.9 Å². The lowest BCUT2D eigenvalue weighted by molar-refractivity contribution is 0.476. The van der Waals surface area contributed by atoms with Crippen LogP contribution in [0.3, 0.4) is 0 Å². The van der Waals surface area contributed by atoms with Crippen molar-refractivity contribution in [1.82, 2.24) is 0 Å². The summed E-state index contributed by atoms with van der Waals surface area (Å²) in [7, 11) is 0. The monoisotopic (exact) mass is 167 g/mol. The number of rotatable bonds is 2. The number of hydrogen-bond acceptors (Lipinski definition) is 2. The van der Waals surface area contributed by atoms with Gasteiger partial charge in [0.2, 0.25) is 0 Å². The number of furan rings is 1. The maximum atomic E-state index is 5.67. The molecule has 0 bridgehead atoms. The Bertz CT molecular complexity index is 273. The largest absolute Gasteiger partial charge is 0.466 e. The van der Waals surface area contributed by atoms with Crippen molar-refractivity contribution in [3.8, 4) is 0 Å². The van der Waals surface area contributed by atoms with Crippen LogP contribution in [0, 0.1) is 13.8 Å². The van der Waals surface area contributed by atoms with E-state index >= 15 is 0 Å². The molecule has 0 aliphatic heterocycles. The average Bonchev–Trinajstić information content (AvgIpc) is 2.31. The summed E-state index contributed by atoms with van der Waals surface area (Å²) < 4.78 is 5.45. The molecule has 0 saturated carbocycles. The smallest absolute Gasteiger partial charge is 0.104 e. The van der Waals surface area contributed by atoms with E-state index in [-0.39, 0.29) is 5.41 Å². The van der Waals surface area contributed by atoms with Gasteiger partial charge >= 0.3 is 0 Å². The molecule has 0 spiro atoms. The number of hydrogen-bond donors (Lipinski definition) is 1. The Kier molecular flexibility index (Phi) is 2.29. The van der Waals surface area contributed by atoms with E-state index in [9.17, 15) is 0 Å². The molecular formula is C10H17NO. The molecule has 2 heteroatoms. The first-order valence-corrected chi connectivity index (χ1v) is 4.25. The molecule has 2 N–H and O–H groups in total. The van der Waals surface area contributed by atoms with Gasteiger partial charge in [-0.25, -0.2) is 0 Å². The standard InChI is InChI=1S/C10H17NO/c1-7-5-9(8(2)12-7)10(3,4)6-11/h5H,6,11H2,1-4H3. The first kappa shape index (κ1) is 9.33. The Morgan fingerprint density at radius 3 is 2.33 bits per heavy atom. The molecule has 0 radical (unpaired) electrons. The molecule has 0 atom stereocenters. The molecule has 1 heterocycles. The highest BCUT2D eigenvalue weighted by molar-refractivity contribution is 5.28. The van der Waals surface area contributed by atoms with E-state index in [0.717, 1.165) is 11.5 Å². The molecule has 0 aliphatic carbocycles. The quantitative estimate of drug-likeness (QED) is 0.733. The van der Waals surface area contributed by atoms with Crippen molar-refractivity contribution in [1.29, 1.82) is 0 Å². The fourth-order valence-electron chi connectivity index (χ4n) is 1.41. The molecule has 12 heavy (non-hydrogen) atoms. The summed E-state index contributed by atoms with van der Waals surface area (Å²) in [5.74, 6) is 1.95. The van der Waals surface area contributed by atoms with Crippen LogP contribution in [0.2, 0.25) is 0 Å². The SMILES string of the molecule is Cc1cc(C(C)(C)CN)c(C)o1. The lowest BCUT2D eigenvalue weighted by Crippen LogP contribution is -2.28. The second kappa shape index (κ2) is 2.94. The molecule has 0 amide bonds. The van der Waals surface area contributed by atoms with Crippen molar-refractivity contribution >= 4 is 0 Å². The van der Waals surface area contributed by atoms with Crippen LogP contribution in [-0.2, 0) is 5.41 Å². The van der Waals surface area contributed by atoms with Gasteiger partial charge in [0.1, 0.15) is 11.5 Å². The van der Waals surface area contributed by atoms with Crippen LogP contribution in [0.1, 0.15) is 30.9 Å². The first-order chi connectivity index (χ1) is 5.47. The van der Waals surface area contributed by atoms with Crippen LogP contribution in [0.25, 0.3) is 0 Å². The molecule has 68 valence electrons. The summed E-state index contributed by atoms with van der Waals surface area (Å²) in [6.45, 7) is 8.85. The molecule has 0 unspecified atom stereocenters. The molecule has 0 aliphatic rings. The highest BCUT2D eigenvalue weighted by atomic mass is 16.3. The van der Waals surface area contributed by atoms with Crippen LogP contribution in [0.4, 0.5) is 0 Å². The van der Waals surface area contributed by atoms with Crippen LogP contribution in [-0.4, -0.2) is 6.54 Å². The first-order valence-electron chi connectivity index (χ1n) is 4.25. The van der Waals surface area contributed by atoms with Gasteiger partial charge in [-0.15, -0.1) is 0 Å². The van der Waals surface area contributed by atoms with Gasteiger partial charge < -0.3 is 10.2 Å². The van der Waals surface area contributed by atoms with E-state index in [4.69, 9.17) is 10.2 Å². The normalized spacial score (nSPS) is 12.1. The predicted molar refractivity (Wildman–Crippen MR) is 50.3 cm³/mol. The number of aryl methyl sites for hydroxylation is 2. The van der Waals surface area contributed by atoms with Crippen LogP contribution in [0.15, 0.2) is 10.5 Å². The van der Waals surface area contributed by atoms with E-state index in [1.807, 2.05) is 13.8 Å². The number of nitrogens with two attached hydrogens (primary N) is 1. The fraction of sp³-hybridized carbons (Fsp3) is 0.600. The van der Waals surface area contributed by atoms with Crippen LogP contribution in [0.5, 0.6) is 0 Å². The summed E-state index contributed by atoms with van der Waals surface area (Å²) in [4.78, 5) is 0.